The maximum Gasteiger partial charge on any atom is 0.345 e. The quantitative estimate of drug-likeness (QED) is 0.223. The number of fused-ring (bicyclic) bond motifs is 1. The third-order valence-electron chi connectivity index (χ3n) is 5.02. The summed E-state index contributed by atoms with van der Waals surface area (Å²) < 4.78 is 16.7. The predicted molar refractivity (Wildman–Crippen MR) is 129 cm³/mol. The fourth-order valence-electron chi connectivity index (χ4n) is 3.19. The maximum atomic E-state index is 12.9. The molecule has 0 aliphatic rings. The van der Waals surface area contributed by atoms with Gasteiger partial charge >= 0.3 is 5.97 Å². The van der Waals surface area contributed by atoms with Crippen molar-refractivity contribution in [3.05, 3.63) is 98.3 Å². The Hall–Kier alpha value is -3.28. The number of rotatable bonds is 4. The van der Waals surface area contributed by atoms with E-state index in [1.54, 1.807) is 6.07 Å². The van der Waals surface area contributed by atoms with E-state index in [1.807, 2.05) is 24.3 Å². The lowest BCUT2D eigenvalue weighted by molar-refractivity contribution is 0.0735. The van der Waals surface area contributed by atoms with Crippen LogP contribution < -0.4 is 14.9 Å². The zero-order valence-corrected chi connectivity index (χ0v) is 19.7. The highest BCUT2D eigenvalue weighted by molar-refractivity contribution is 6.36. The van der Waals surface area contributed by atoms with E-state index >= 15 is 0 Å². The molecule has 0 radical (unpaired) electrons. The van der Waals surface area contributed by atoms with E-state index < -0.39 is 5.97 Å². The molecule has 5 nitrogen and oxygen atoms in total. The van der Waals surface area contributed by atoms with Gasteiger partial charge in [-0.15, -0.1) is 0 Å². The number of hydrogen-bond donors (Lipinski definition) is 0. The number of esters is 1. The SMILES string of the molecule is CC(C)(C)c1ccc(Oc2coc3cc(OC(=O)c4ccc(Cl)cc4Cl)ccc3c2=O)cc1. The molecule has 1 heterocycles. The lowest BCUT2D eigenvalue weighted by Gasteiger charge is -2.19. The highest BCUT2D eigenvalue weighted by atomic mass is 35.5. The molecular formula is C26H20Cl2O5. The summed E-state index contributed by atoms with van der Waals surface area (Å²) in [5, 5.41) is 0.882. The first-order chi connectivity index (χ1) is 15.6. The Morgan fingerprint density at radius 3 is 2.27 bits per heavy atom. The molecule has 4 aromatic rings. The summed E-state index contributed by atoms with van der Waals surface area (Å²) in [4.78, 5) is 25.3. The molecular weight excluding hydrogens is 463 g/mol. The molecule has 0 unspecified atom stereocenters. The molecule has 3 aromatic carbocycles. The lowest BCUT2D eigenvalue weighted by Crippen LogP contribution is -2.11. The smallest absolute Gasteiger partial charge is 0.345 e. The molecule has 0 atom stereocenters. The first kappa shape index (κ1) is 22.9. The summed E-state index contributed by atoms with van der Waals surface area (Å²) in [6, 6.07) is 16.5. The van der Waals surface area contributed by atoms with Crippen LogP contribution in [-0.2, 0) is 5.41 Å². The molecule has 7 heteroatoms. The van der Waals surface area contributed by atoms with E-state index in [0.717, 1.165) is 5.56 Å². The second kappa shape index (κ2) is 8.93. The molecule has 0 aliphatic heterocycles. The summed E-state index contributed by atoms with van der Waals surface area (Å²) in [7, 11) is 0. The van der Waals surface area contributed by atoms with Gasteiger partial charge in [-0.2, -0.15) is 0 Å². The minimum atomic E-state index is -0.656. The Balaban J connectivity index is 1.56. The molecule has 33 heavy (non-hydrogen) atoms. The van der Waals surface area contributed by atoms with E-state index in [-0.39, 0.29) is 38.5 Å². The van der Waals surface area contributed by atoms with Crippen molar-refractivity contribution in [2.24, 2.45) is 0 Å². The molecule has 4 rings (SSSR count). The summed E-state index contributed by atoms with van der Waals surface area (Å²) >= 11 is 11.9. The highest BCUT2D eigenvalue weighted by Gasteiger charge is 2.16. The maximum absolute atomic E-state index is 12.9. The van der Waals surface area contributed by atoms with E-state index in [0.29, 0.717) is 16.2 Å². The van der Waals surface area contributed by atoms with Crippen LogP contribution in [0, 0.1) is 0 Å². The van der Waals surface area contributed by atoms with Crippen LogP contribution in [0.25, 0.3) is 11.0 Å². The summed E-state index contributed by atoms with van der Waals surface area (Å²) in [6.07, 6.45) is 1.24. The van der Waals surface area contributed by atoms with Crippen molar-refractivity contribution < 1.29 is 18.7 Å². The molecule has 1 aromatic heterocycles. The lowest BCUT2D eigenvalue weighted by atomic mass is 9.87. The van der Waals surface area contributed by atoms with Crippen molar-refractivity contribution in [1.29, 1.82) is 0 Å². The van der Waals surface area contributed by atoms with Crippen LogP contribution in [0.3, 0.4) is 0 Å². The number of ether oxygens (including phenoxy) is 2. The van der Waals surface area contributed by atoms with Gasteiger partial charge in [0.05, 0.1) is 16.0 Å². The molecule has 0 spiro atoms. The number of benzene rings is 3. The van der Waals surface area contributed by atoms with Crippen molar-refractivity contribution in [2.75, 3.05) is 0 Å². The number of halogens is 2. The van der Waals surface area contributed by atoms with E-state index in [9.17, 15) is 9.59 Å². The zero-order chi connectivity index (χ0) is 23.8. The largest absolute Gasteiger partial charge is 0.460 e. The van der Waals surface area contributed by atoms with E-state index in [2.05, 4.69) is 20.8 Å². The zero-order valence-electron chi connectivity index (χ0n) is 18.1. The third kappa shape index (κ3) is 5.05. The van der Waals surface area contributed by atoms with Crippen molar-refractivity contribution in [2.45, 2.75) is 26.2 Å². The van der Waals surface area contributed by atoms with Crippen molar-refractivity contribution in [3.63, 3.8) is 0 Å². The molecule has 168 valence electrons. The van der Waals surface area contributed by atoms with Crippen LogP contribution >= 0.6 is 23.2 Å². The Morgan fingerprint density at radius 2 is 1.61 bits per heavy atom. The predicted octanol–water partition coefficient (Wildman–Crippen LogP) is 7.41. The molecule has 0 fully saturated rings. The Labute approximate surface area is 200 Å². The third-order valence-corrected chi connectivity index (χ3v) is 5.57. The van der Waals surface area contributed by atoms with Gasteiger partial charge in [-0.1, -0.05) is 56.1 Å². The normalized spacial score (nSPS) is 11.4. The summed E-state index contributed by atoms with van der Waals surface area (Å²) in [6.45, 7) is 6.36. The standard InChI is InChI=1S/C26H20Cl2O5/c1-26(2,3)15-4-7-17(8-5-15)32-23-14-31-22-13-18(9-11-20(22)24(23)29)33-25(30)19-10-6-16(27)12-21(19)28/h4-14H,1-3H3. The fraction of sp³-hybridized carbons (Fsp3) is 0.154. The van der Waals surface area contributed by atoms with Gasteiger partial charge in [0.1, 0.15) is 23.3 Å². The van der Waals surface area contributed by atoms with E-state index in [1.165, 1.54) is 36.6 Å². The highest BCUT2D eigenvalue weighted by Crippen LogP contribution is 2.28. The number of hydrogen-bond acceptors (Lipinski definition) is 5. The molecule has 0 N–H and O–H groups in total. The van der Waals surface area contributed by atoms with Gasteiger partial charge in [0.25, 0.3) is 0 Å². The van der Waals surface area contributed by atoms with Crippen LogP contribution in [0.1, 0.15) is 36.7 Å². The molecule has 0 saturated heterocycles. The molecule has 0 bridgehead atoms. The first-order valence-corrected chi connectivity index (χ1v) is 10.9. The van der Waals surface area contributed by atoms with Gasteiger partial charge in [0.2, 0.25) is 11.2 Å². The van der Waals surface area contributed by atoms with Gasteiger partial charge in [-0.25, -0.2) is 4.79 Å². The monoisotopic (exact) mass is 482 g/mol. The number of carbonyl (C=O) groups is 1. The Morgan fingerprint density at radius 1 is 0.909 bits per heavy atom. The summed E-state index contributed by atoms with van der Waals surface area (Å²) in [5.74, 6) is 0.133. The van der Waals surface area contributed by atoms with Crippen LogP contribution in [0.2, 0.25) is 10.0 Å². The first-order valence-electron chi connectivity index (χ1n) is 10.1. The molecule has 0 aliphatic carbocycles. The fourth-order valence-corrected chi connectivity index (χ4v) is 3.68. The topological polar surface area (TPSA) is 65.7 Å². The second-order valence-electron chi connectivity index (χ2n) is 8.48. The van der Waals surface area contributed by atoms with Gasteiger partial charge in [-0.05, 0) is 53.4 Å². The molecule has 0 saturated carbocycles. The number of carbonyl (C=O) groups excluding carboxylic acids is 1. The Kier molecular flexibility index (Phi) is 6.19. The van der Waals surface area contributed by atoms with Gasteiger partial charge in [0, 0.05) is 11.1 Å². The minimum Gasteiger partial charge on any atom is -0.460 e. The van der Waals surface area contributed by atoms with Crippen LogP contribution in [-0.4, -0.2) is 5.97 Å². The van der Waals surface area contributed by atoms with Gasteiger partial charge in [-0.3, -0.25) is 4.79 Å². The van der Waals surface area contributed by atoms with Crippen LogP contribution in [0.4, 0.5) is 0 Å². The Bertz CT molecular complexity index is 1400. The minimum absolute atomic E-state index is 0.0144. The van der Waals surface area contributed by atoms with Gasteiger partial charge < -0.3 is 13.9 Å². The second-order valence-corrected chi connectivity index (χ2v) is 9.32. The van der Waals surface area contributed by atoms with Crippen LogP contribution in [0.15, 0.2) is 76.1 Å². The summed E-state index contributed by atoms with van der Waals surface area (Å²) in [5.41, 5.74) is 1.25. The van der Waals surface area contributed by atoms with Gasteiger partial charge in [0.15, 0.2) is 0 Å². The molecule has 0 amide bonds. The van der Waals surface area contributed by atoms with Crippen molar-refractivity contribution >= 4 is 40.1 Å². The van der Waals surface area contributed by atoms with E-state index in [4.69, 9.17) is 37.1 Å². The van der Waals surface area contributed by atoms with Crippen molar-refractivity contribution in [3.8, 4) is 17.2 Å². The van der Waals surface area contributed by atoms with Crippen LogP contribution in [0.5, 0.6) is 17.2 Å². The average molecular weight is 483 g/mol. The average Bonchev–Trinajstić information content (AvgIpc) is 2.75. The van der Waals surface area contributed by atoms with Crippen molar-refractivity contribution in [1.82, 2.24) is 0 Å².